The van der Waals surface area contributed by atoms with Crippen LogP contribution in [0.5, 0.6) is 11.5 Å². The standard InChI is InChI=1S/C27H36N2O4.BrH/c1-26(2,3)21-12-18(13-22(24(21)31)27(4,5)6)23(30)16-29-15-17-8-9-19(33-11-10-32-7)14-20(17)25(29)28;/h8-9,12-14,28,31H,10-11,15-16H2,1-7H3;1H. The van der Waals surface area contributed by atoms with E-state index in [-0.39, 0.29) is 45.9 Å². The Balaban J connectivity index is 0.00000408. The number of methoxy groups -OCH3 is 1. The molecule has 1 heterocycles. The molecule has 186 valence electrons. The first-order chi connectivity index (χ1) is 15.3. The van der Waals surface area contributed by atoms with Gasteiger partial charge in [0.1, 0.15) is 23.9 Å². The number of hydrogen-bond acceptors (Lipinski definition) is 5. The molecule has 0 aromatic heterocycles. The van der Waals surface area contributed by atoms with Crippen LogP contribution in [-0.4, -0.2) is 48.5 Å². The molecule has 0 saturated carbocycles. The highest BCUT2D eigenvalue weighted by molar-refractivity contribution is 8.93. The number of nitrogens with one attached hydrogen (secondary N) is 1. The van der Waals surface area contributed by atoms with Crippen LogP contribution in [0, 0.1) is 5.41 Å². The lowest BCUT2D eigenvalue weighted by atomic mass is 9.78. The number of halogens is 1. The Hall–Kier alpha value is -2.38. The second-order valence-corrected chi connectivity index (χ2v) is 10.7. The van der Waals surface area contributed by atoms with Gasteiger partial charge in [-0.2, -0.15) is 0 Å². The summed E-state index contributed by atoms with van der Waals surface area (Å²) in [6, 6.07) is 9.31. The molecule has 34 heavy (non-hydrogen) atoms. The summed E-state index contributed by atoms with van der Waals surface area (Å²) in [5.74, 6) is 1.20. The van der Waals surface area contributed by atoms with E-state index < -0.39 is 0 Å². The van der Waals surface area contributed by atoms with Crippen LogP contribution in [-0.2, 0) is 22.1 Å². The topological polar surface area (TPSA) is 82.9 Å². The number of amidine groups is 1. The number of Topliss-reactive ketones (excluding diaryl/α,β-unsaturated/α-hetero) is 1. The van der Waals surface area contributed by atoms with E-state index in [0.717, 1.165) is 22.3 Å². The van der Waals surface area contributed by atoms with Gasteiger partial charge < -0.3 is 19.5 Å². The predicted molar refractivity (Wildman–Crippen MR) is 141 cm³/mol. The molecule has 0 radical (unpaired) electrons. The van der Waals surface area contributed by atoms with Crippen LogP contribution >= 0.6 is 17.0 Å². The lowest BCUT2D eigenvalue weighted by molar-refractivity contribution is 0.0962. The zero-order valence-corrected chi connectivity index (χ0v) is 23.0. The van der Waals surface area contributed by atoms with Gasteiger partial charge in [0.25, 0.3) is 0 Å². The molecule has 3 rings (SSSR count). The van der Waals surface area contributed by atoms with E-state index in [9.17, 15) is 9.90 Å². The molecule has 7 heteroatoms. The van der Waals surface area contributed by atoms with E-state index in [2.05, 4.69) is 0 Å². The number of phenolic OH excluding ortho intramolecular Hbond substituents is 1. The van der Waals surface area contributed by atoms with Gasteiger partial charge in [-0.15, -0.1) is 17.0 Å². The van der Waals surface area contributed by atoms with Crippen LogP contribution in [0.4, 0.5) is 0 Å². The van der Waals surface area contributed by atoms with Crippen molar-refractivity contribution >= 4 is 28.6 Å². The van der Waals surface area contributed by atoms with Crippen LogP contribution in [0.2, 0.25) is 0 Å². The number of rotatable bonds is 7. The molecule has 2 N–H and O–H groups in total. The summed E-state index contributed by atoms with van der Waals surface area (Å²) in [7, 11) is 1.62. The first kappa shape index (κ1) is 27.9. The monoisotopic (exact) mass is 532 g/mol. The average Bonchev–Trinajstić information content (AvgIpc) is 3.01. The molecule has 2 aromatic carbocycles. The maximum absolute atomic E-state index is 13.3. The molecule has 0 fully saturated rings. The maximum Gasteiger partial charge on any atom is 0.182 e. The Bertz CT molecular complexity index is 1030. The number of hydrogen-bond donors (Lipinski definition) is 2. The number of nitrogens with zero attached hydrogens (tertiary/aromatic N) is 1. The van der Waals surface area contributed by atoms with Crippen molar-refractivity contribution in [2.45, 2.75) is 58.9 Å². The largest absolute Gasteiger partial charge is 0.507 e. The summed E-state index contributed by atoms with van der Waals surface area (Å²) < 4.78 is 10.7. The van der Waals surface area contributed by atoms with E-state index in [4.69, 9.17) is 14.9 Å². The minimum atomic E-state index is -0.309. The summed E-state index contributed by atoms with van der Waals surface area (Å²) in [6.07, 6.45) is 0. The van der Waals surface area contributed by atoms with E-state index in [0.29, 0.717) is 36.9 Å². The number of carbonyl (C=O) groups excluding carboxylic acids is 1. The SMILES string of the molecule is Br.COCCOc1ccc2c(c1)C(=N)N(CC(=O)c1cc(C(C)(C)C)c(O)c(C(C)(C)C)c1)C2. The predicted octanol–water partition coefficient (Wildman–Crippen LogP) is 5.61. The number of aromatic hydroxyl groups is 1. The Morgan fingerprint density at radius 2 is 1.62 bits per heavy atom. The molecule has 0 amide bonds. The van der Waals surface area contributed by atoms with E-state index in [1.54, 1.807) is 12.0 Å². The molecule has 0 bridgehead atoms. The summed E-state index contributed by atoms with van der Waals surface area (Å²) in [4.78, 5) is 15.1. The fraction of sp³-hybridized carbons (Fsp3) is 0.481. The van der Waals surface area contributed by atoms with Gasteiger partial charge in [0.2, 0.25) is 0 Å². The Kier molecular flexibility index (Phi) is 8.59. The number of phenols is 1. The van der Waals surface area contributed by atoms with Gasteiger partial charge in [0, 0.05) is 35.9 Å². The molecular weight excluding hydrogens is 496 g/mol. The van der Waals surface area contributed by atoms with Crippen LogP contribution in [0.3, 0.4) is 0 Å². The fourth-order valence-electron chi connectivity index (χ4n) is 4.04. The highest BCUT2D eigenvalue weighted by Crippen LogP contribution is 2.40. The van der Waals surface area contributed by atoms with E-state index in [1.165, 1.54) is 0 Å². The third-order valence-corrected chi connectivity index (χ3v) is 5.95. The van der Waals surface area contributed by atoms with E-state index in [1.807, 2.05) is 71.9 Å². The van der Waals surface area contributed by atoms with Crippen molar-refractivity contribution in [3.8, 4) is 11.5 Å². The minimum absolute atomic E-state index is 0. The van der Waals surface area contributed by atoms with Crippen molar-refractivity contribution < 1.29 is 19.4 Å². The first-order valence-electron chi connectivity index (χ1n) is 11.3. The Labute approximate surface area is 213 Å². The zero-order chi connectivity index (χ0) is 24.6. The van der Waals surface area contributed by atoms with Crippen LogP contribution in [0.1, 0.15) is 74.2 Å². The molecule has 0 aliphatic carbocycles. The van der Waals surface area contributed by atoms with Crippen LogP contribution in [0.15, 0.2) is 30.3 Å². The number of ether oxygens (including phenoxy) is 2. The molecule has 1 aliphatic rings. The van der Waals surface area contributed by atoms with Gasteiger partial charge in [0.05, 0.1) is 13.2 Å². The Morgan fingerprint density at radius 3 is 2.15 bits per heavy atom. The molecule has 0 unspecified atom stereocenters. The normalized spacial score (nSPS) is 13.5. The third kappa shape index (κ3) is 5.99. The molecule has 0 spiro atoms. The molecule has 6 nitrogen and oxygen atoms in total. The third-order valence-electron chi connectivity index (χ3n) is 5.95. The van der Waals surface area contributed by atoms with Gasteiger partial charge in [-0.25, -0.2) is 0 Å². The second kappa shape index (κ2) is 10.5. The smallest absolute Gasteiger partial charge is 0.182 e. The molecular formula is C27H37BrN2O4. The Morgan fingerprint density at radius 1 is 1.03 bits per heavy atom. The lowest BCUT2D eigenvalue weighted by Crippen LogP contribution is -2.30. The quantitative estimate of drug-likeness (QED) is 0.357. The van der Waals surface area contributed by atoms with Crippen molar-refractivity contribution in [2.24, 2.45) is 0 Å². The van der Waals surface area contributed by atoms with E-state index >= 15 is 0 Å². The molecule has 0 saturated heterocycles. The summed E-state index contributed by atoms with van der Waals surface area (Å²) in [5, 5.41) is 19.6. The molecule has 2 aromatic rings. The average molecular weight is 534 g/mol. The summed E-state index contributed by atoms with van der Waals surface area (Å²) in [5.41, 5.74) is 3.26. The van der Waals surface area contributed by atoms with Crippen molar-refractivity contribution in [3.63, 3.8) is 0 Å². The highest BCUT2D eigenvalue weighted by atomic mass is 79.9. The highest BCUT2D eigenvalue weighted by Gasteiger charge is 2.30. The summed E-state index contributed by atoms with van der Waals surface area (Å²) >= 11 is 0. The molecule has 1 aliphatic heterocycles. The minimum Gasteiger partial charge on any atom is -0.507 e. The number of carbonyl (C=O) groups is 1. The van der Waals surface area contributed by atoms with Crippen molar-refractivity contribution in [3.05, 3.63) is 58.1 Å². The summed E-state index contributed by atoms with van der Waals surface area (Å²) in [6.45, 7) is 13.7. The van der Waals surface area contributed by atoms with Crippen molar-refractivity contribution in [1.82, 2.24) is 4.90 Å². The number of fused-ring (bicyclic) bond motifs is 1. The second-order valence-electron chi connectivity index (χ2n) is 10.7. The van der Waals surface area contributed by atoms with Crippen molar-refractivity contribution in [1.29, 1.82) is 5.41 Å². The van der Waals surface area contributed by atoms with Gasteiger partial charge in [-0.1, -0.05) is 47.6 Å². The van der Waals surface area contributed by atoms with Gasteiger partial charge in [0.15, 0.2) is 5.78 Å². The number of benzene rings is 2. The zero-order valence-electron chi connectivity index (χ0n) is 21.2. The molecule has 0 atom stereocenters. The van der Waals surface area contributed by atoms with Crippen LogP contribution in [0.25, 0.3) is 0 Å². The van der Waals surface area contributed by atoms with Gasteiger partial charge in [-0.3, -0.25) is 10.2 Å². The van der Waals surface area contributed by atoms with Crippen molar-refractivity contribution in [2.75, 3.05) is 26.9 Å². The first-order valence-corrected chi connectivity index (χ1v) is 11.3. The van der Waals surface area contributed by atoms with Gasteiger partial charge in [-0.05, 0) is 40.7 Å². The fourth-order valence-corrected chi connectivity index (χ4v) is 4.04. The number of ketones is 1. The maximum atomic E-state index is 13.3. The van der Waals surface area contributed by atoms with Crippen LogP contribution < -0.4 is 4.74 Å². The lowest BCUT2D eigenvalue weighted by Gasteiger charge is -2.28. The van der Waals surface area contributed by atoms with Gasteiger partial charge >= 0.3 is 0 Å².